The molecule has 0 spiro atoms. The summed E-state index contributed by atoms with van der Waals surface area (Å²) < 4.78 is 5.48. The second-order valence-corrected chi connectivity index (χ2v) is 4.97. The van der Waals surface area contributed by atoms with Crippen LogP contribution < -0.4 is 5.32 Å². The molecule has 20 heavy (non-hydrogen) atoms. The van der Waals surface area contributed by atoms with Crippen molar-refractivity contribution in [1.82, 2.24) is 4.90 Å². The van der Waals surface area contributed by atoms with Gasteiger partial charge < -0.3 is 10.1 Å². The Morgan fingerprint density at radius 1 is 1.55 bits per heavy atom. The molecular weight excluding hydrogens is 258 g/mol. The number of nitrogens with zero attached hydrogens (tertiary/aromatic N) is 2. The first-order valence-corrected chi connectivity index (χ1v) is 6.92. The van der Waals surface area contributed by atoms with Gasteiger partial charge >= 0.3 is 0 Å². The van der Waals surface area contributed by atoms with Crippen molar-refractivity contribution in [1.29, 1.82) is 0 Å². The van der Waals surface area contributed by atoms with E-state index in [1.165, 1.54) is 0 Å². The molecule has 0 aliphatic carbocycles. The van der Waals surface area contributed by atoms with Gasteiger partial charge in [-0.3, -0.25) is 15.0 Å². The average molecular weight is 279 g/mol. The molecule has 1 aromatic rings. The van der Waals surface area contributed by atoms with Crippen molar-refractivity contribution < 1.29 is 9.66 Å². The lowest BCUT2D eigenvalue weighted by Crippen LogP contribution is -2.44. The van der Waals surface area contributed by atoms with Crippen molar-refractivity contribution in [3.63, 3.8) is 0 Å². The van der Waals surface area contributed by atoms with Crippen LogP contribution in [0.3, 0.4) is 0 Å². The van der Waals surface area contributed by atoms with Crippen LogP contribution in [-0.2, 0) is 11.3 Å². The molecule has 110 valence electrons. The van der Waals surface area contributed by atoms with Gasteiger partial charge in [-0.1, -0.05) is 13.0 Å². The van der Waals surface area contributed by atoms with Gasteiger partial charge in [0.05, 0.1) is 18.1 Å². The Bertz CT molecular complexity index is 479. The highest BCUT2D eigenvalue weighted by atomic mass is 16.6. The Balaban J connectivity index is 2.16. The minimum Gasteiger partial charge on any atom is -0.383 e. The zero-order valence-corrected chi connectivity index (χ0v) is 12.0. The third kappa shape index (κ3) is 3.26. The van der Waals surface area contributed by atoms with Gasteiger partial charge in [-0.15, -0.1) is 0 Å². The topological polar surface area (TPSA) is 67.6 Å². The molecule has 0 saturated carbocycles. The van der Waals surface area contributed by atoms with Crippen molar-refractivity contribution in [3.05, 3.63) is 33.9 Å². The molecule has 1 N–H and O–H groups in total. The lowest BCUT2D eigenvalue weighted by molar-refractivity contribution is -0.384. The molecule has 1 aliphatic rings. The van der Waals surface area contributed by atoms with E-state index >= 15 is 0 Å². The van der Waals surface area contributed by atoms with E-state index in [-0.39, 0.29) is 10.6 Å². The number of nitro benzene ring substituents is 1. The molecule has 1 aliphatic heterocycles. The van der Waals surface area contributed by atoms with E-state index in [2.05, 4.69) is 17.1 Å². The van der Waals surface area contributed by atoms with Crippen molar-refractivity contribution in [2.45, 2.75) is 25.9 Å². The fraction of sp³-hybridized carbons (Fsp3) is 0.571. The van der Waals surface area contributed by atoms with Gasteiger partial charge in [-0.05, 0) is 18.1 Å². The number of nitro groups is 1. The smallest absolute Gasteiger partial charge is 0.292 e. The van der Waals surface area contributed by atoms with Gasteiger partial charge in [0.2, 0.25) is 0 Å². The Hall–Kier alpha value is -1.66. The molecule has 0 radical (unpaired) electrons. The highest BCUT2D eigenvalue weighted by Crippen LogP contribution is 2.26. The quantitative estimate of drug-likeness (QED) is 0.661. The summed E-state index contributed by atoms with van der Waals surface area (Å²) in [7, 11) is 1.69. The summed E-state index contributed by atoms with van der Waals surface area (Å²) in [5, 5.41) is 13.9. The number of benzene rings is 1. The fourth-order valence-corrected chi connectivity index (χ4v) is 2.55. The van der Waals surface area contributed by atoms with Gasteiger partial charge in [0.25, 0.3) is 5.69 Å². The number of anilines is 1. The Labute approximate surface area is 118 Å². The molecule has 1 saturated heterocycles. The van der Waals surface area contributed by atoms with Crippen molar-refractivity contribution in [2.75, 3.05) is 32.1 Å². The molecule has 0 amide bonds. The summed E-state index contributed by atoms with van der Waals surface area (Å²) in [4.78, 5) is 13.1. The van der Waals surface area contributed by atoms with Crippen molar-refractivity contribution in [2.24, 2.45) is 0 Å². The maximum Gasteiger partial charge on any atom is 0.292 e. The number of hydrogen-bond donors (Lipinski definition) is 1. The maximum absolute atomic E-state index is 11.1. The largest absolute Gasteiger partial charge is 0.383 e. The highest BCUT2D eigenvalue weighted by Gasteiger charge is 2.22. The van der Waals surface area contributed by atoms with E-state index < -0.39 is 0 Å². The summed E-state index contributed by atoms with van der Waals surface area (Å²) in [6.07, 6.45) is 1.02. The average Bonchev–Trinajstić information content (AvgIpc) is 2.47. The predicted molar refractivity (Wildman–Crippen MR) is 78.0 cm³/mol. The normalized spacial score (nSPS) is 19.8. The number of morpholine rings is 1. The van der Waals surface area contributed by atoms with Gasteiger partial charge in [-0.25, -0.2) is 0 Å². The standard InChI is InChI=1S/C14H21N3O3/c1-3-12-10-20-7-6-16(12)9-11-4-5-13(15-2)14(8-11)17(18)19/h4-5,8,12,15H,3,6-7,9-10H2,1-2H3. The van der Waals surface area contributed by atoms with E-state index in [1.807, 2.05) is 6.07 Å². The first-order chi connectivity index (χ1) is 9.65. The lowest BCUT2D eigenvalue weighted by atomic mass is 10.1. The maximum atomic E-state index is 11.1. The Morgan fingerprint density at radius 2 is 2.35 bits per heavy atom. The lowest BCUT2D eigenvalue weighted by Gasteiger charge is -2.35. The van der Waals surface area contributed by atoms with Crippen LogP contribution in [0.15, 0.2) is 18.2 Å². The molecular formula is C14H21N3O3. The van der Waals surface area contributed by atoms with E-state index in [0.29, 0.717) is 11.7 Å². The molecule has 1 unspecified atom stereocenters. The highest BCUT2D eigenvalue weighted by molar-refractivity contribution is 5.62. The minimum absolute atomic E-state index is 0.131. The summed E-state index contributed by atoms with van der Waals surface area (Å²) >= 11 is 0. The SMILES string of the molecule is CCC1COCCN1Cc1ccc(NC)c([N+](=O)[O-])c1. The van der Waals surface area contributed by atoms with Crippen molar-refractivity contribution >= 4 is 11.4 Å². The first-order valence-electron chi connectivity index (χ1n) is 6.92. The second kappa shape index (κ2) is 6.67. The summed E-state index contributed by atoms with van der Waals surface area (Å²) in [6, 6.07) is 5.77. The molecule has 6 nitrogen and oxygen atoms in total. The second-order valence-electron chi connectivity index (χ2n) is 4.97. The van der Waals surface area contributed by atoms with Crippen LogP contribution in [0.5, 0.6) is 0 Å². The zero-order valence-electron chi connectivity index (χ0n) is 12.0. The van der Waals surface area contributed by atoms with Gasteiger partial charge in [0.1, 0.15) is 5.69 Å². The van der Waals surface area contributed by atoms with Crippen LogP contribution in [0.4, 0.5) is 11.4 Å². The number of ether oxygens (including phenoxy) is 1. The molecule has 2 rings (SSSR count). The minimum atomic E-state index is -0.341. The zero-order chi connectivity index (χ0) is 14.5. The van der Waals surface area contributed by atoms with E-state index in [9.17, 15) is 10.1 Å². The molecule has 1 heterocycles. The predicted octanol–water partition coefficient (Wildman–Crippen LogP) is 2.25. The number of hydrogen-bond acceptors (Lipinski definition) is 5. The molecule has 1 fully saturated rings. The van der Waals surface area contributed by atoms with Crippen LogP contribution in [0, 0.1) is 10.1 Å². The fourth-order valence-electron chi connectivity index (χ4n) is 2.55. The molecule has 1 aromatic carbocycles. The Morgan fingerprint density at radius 3 is 3.00 bits per heavy atom. The monoisotopic (exact) mass is 279 g/mol. The molecule has 0 bridgehead atoms. The third-order valence-electron chi connectivity index (χ3n) is 3.73. The molecule has 6 heteroatoms. The van der Waals surface area contributed by atoms with E-state index in [1.54, 1.807) is 19.2 Å². The summed E-state index contributed by atoms with van der Waals surface area (Å²) in [5.74, 6) is 0. The Kier molecular flexibility index (Phi) is 4.92. The third-order valence-corrected chi connectivity index (χ3v) is 3.73. The van der Waals surface area contributed by atoms with Gasteiger partial charge in [0.15, 0.2) is 0 Å². The van der Waals surface area contributed by atoms with Crippen LogP contribution >= 0.6 is 0 Å². The summed E-state index contributed by atoms with van der Waals surface area (Å²) in [5.41, 5.74) is 1.65. The molecule has 0 aromatic heterocycles. The van der Waals surface area contributed by atoms with Crippen LogP contribution in [0.1, 0.15) is 18.9 Å². The number of nitrogens with one attached hydrogen (secondary N) is 1. The number of rotatable bonds is 5. The first kappa shape index (κ1) is 14.7. The van der Waals surface area contributed by atoms with Crippen molar-refractivity contribution in [3.8, 4) is 0 Å². The molecule has 1 atom stereocenters. The van der Waals surface area contributed by atoms with Crippen LogP contribution in [0.25, 0.3) is 0 Å². The van der Waals surface area contributed by atoms with Crippen LogP contribution in [-0.4, -0.2) is 42.7 Å². The van der Waals surface area contributed by atoms with Gasteiger partial charge in [0, 0.05) is 32.2 Å². The van der Waals surface area contributed by atoms with E-state index in [4.69, 9.17) is 4.74 Å². The summed E-state index contributed by atoms with van der Waals surface area (Å²) in [6.45, 7) is 5.21. The van der Waals surface area contributed by atoms with Crippen LogP contribution in [0.2, 0.25) is 0 Å². The van der Waals surface area contributed by atoms with E-state index in [0.717, 1.165) is 38.3 Å². The van der Waals surface area contributed by atoms with Gasteiger partial charge in [-0.2, -0.15) is 0 Å².